The van der Waals surface area contributed by atoms with Crippen LogP contribution in [0.15, 0.2) is 37.1 Å². The first kappa shape index (κ1) is 18.3. The maximum atomic E-state index is 13.0. The molecule has 1 unspecified atom stereocenters. The van der Waals surface area contributed by atoms with Gasteiger partial charge < -0.3 is 14.0 Å². The van der Waals surface area contributed by atoms with Crippen LogP contribution < -0.4 is 0 Å². The summed E-state index contributed by atoms with van der Waals surface area (Å²) in [5, 5.41) is 8.81. The van der Waals surface area contributed by atoms with Gasteiger partial charge in [0.1, 0.15) is 5.82 Å². The largest absolute Gasteiger partial charge is 0.338 e. The fourth-order valence-corrected chi connectivity index (χ4v) is 3.77. The molecule has 146 valence electrons. The van der Waals surface area contributed by atoms with Gasteiger partial charge in [-0.1, -0.05) is 6.92 Å². The highest BCUT2D eigenvalue weighted by atomic mass is 16.2. The van der Waals surface area contributed by atoms with Crippen molar-refractivity contribution in [2.45, 2.75) is 38.6 Å². The number of amides is 1. The zero-order chi connectivity index (χ0) is 19.5. The molecule has 8 heteroatoms. The first-order valence-electron chi connectivity index (χ1n) is 9.73. The predicted molar refractivity (Wildman–Crippen MR) is 104 cm³/mol. The smallest absolute Gasteiger partial charge is 0.253 e. The average Bonchev–Trinajstić information content (AvgIpc) is 3.38. The number of hydrogen-bond donors (Lipinski definition) is 0. The highest BCUT2D eigenvalue weighted by molar-refractivity contribution is 5.94. The molecule has 3 aromatic rings. The Kier molecular flexibility index (Phi) is 5.18. The zero-order valence-corrected chi connectivity index (χ0v) is 16.3. The molecule has 0 aliphatic carbocycles. The van der Waals surface area contributed by atoms with Gasteiger partial charge in [0.05, 0.1) is 12.9 Å². The maximum Gasteiger partial charge on any atom is 0.253 e. The summed E-state index contributed by atoms with van der Waals surface area (Å²) >= 11 is 0. The molecule has 0 bridgehead atoms. The predicted octanol–water partition coefficient (Wildman–Crippen LogP) is 2.04. The summed E-state index contributed by atoms with van der Waals surface area (Å²) in [6, 6.07) is 3.70. The van der Waals surface area contributed by atoms with Crippen LogP contribution in [0.1, 0.15) is 53.4 Å². The molecule has 0 N–H and O–H groups in total. The molecule has 4 rings (SSSR count). The van der Waals surface area contributed by atoms with E-state index in [-0.39, 0.29) is 11.8 Å². The van der Waals surface area contributed by atoms with Crippen LogP contribution in [0.4, 0.5) is 0 Å². The van der Waals surface area contributed by atoms with Crippen molar-refractivity contribution in [1.29, 1.82) is 0 Å². The molecule has 3 aromatic heterocycles. The third-order valence-corrected chi connectivity index (χ3v) is 5.38. The van der Waals surface area contributed by atoms with Crippen molar-refractivity contribution in [3.8, 4) is 0 Å². The minimum Gasteiger partial charge on any atom is -0.338 e. The van der Waals surface area contributed by atoms with Gasteiger partial charge in [-0.2, -0.15) is 0 Å². The summed E-state index contributed by atoms with van der Waals surface area (Å²) in [6.45, 7) is 4.12. The second kappa shape index (κ2) is 7.92. The van der Waals surface area contributed by atoms with Gasteiger partial charge in [0, 0.05) is 55.9 Å². The SMILES string of the molecule is CCc1cc(C(=O)N2CCCC(c3nnc(Cn4ccnc4)n3C)C2)ccn1. The summed E-state index contributed by atoms with van der Waals surface area (Å²) in [5.41, 5.74) is 1.66. The van der Waals surface area contributed by atoms with Crippen LogP contribution in [0.25, 0.3) is 0 Å². The Hall–Kier alpha value is -3.03. The molecule has 1 aliphatic heterocycles. The molecular weight excluding hydrogens is 354 g/mol. The number of piperidine rings is 1. The third kappa shape index (κ3) is 3.67. The Morgan fingerprint density at radius 3 is 2.96 bits per heavy atom. The van der Waals surface area contributed by atoms with E-state index in [9.17, 15) is 4.79 Å². The normalized spacial score (nSPS) is 17.1. The number of carbonyl (C=O) groups excluding carboxylic acids is 1. The average molecular weight is 379 g/mol. The van der Waals surface area contributed by atoms with E-state index in [1.807, 2.05) is 35.7 Å². The standard InChI is InChI=1S/C20H25N7O/c1-3-17-11-15(6-7-22-17)20(28)27-9-4-5-16(12-27)19-24-23-18(25(19)2)13-26-10-8-21-14-26/h6-8,10-11,14,16H,3-5,9,12-13H2,1-2H3. The van der Waals surface area contributed by atoms with E-state index < -0.39 is 0 Å². The summed E-state index contributed by atoms with van der Waals surface area (Å²) in [5.74, 6) is 2.09. The van der Waals surface area contributed by atoms with Crippen LogP contribution in [0, 0.1) is 0 Å². The van der Waals surface area contributed by atoms with Crippen LogP contribution in [-0.4, -0.2) is 53.2 Å². The molecule has 8 nitrogen and oxygen atoms in total. The molecule has 0 aromatic carbocycles. The first-order chi connectivity index (χ1) is 13.7. The molecule has 4 heterocycles. The molecule has 1 fully saturated rings. The van der Waals surface area contributed by atoms with Gasteiger partial charge in [0.15, 0.2) is 5.82 Å². The summed E-state index contributed by atoms with van der Waals surface area (Å²) in [7, 11) is 2.00. The lowest BCUT2D eigenvalue weighted by Crippen LogP contribution is -2.39. The monoisotopic (exact) mass is 379 g/mol. The van der Waals surface area contributed by atoms with E-state index in [4.69, 9.17) is 0 Å². The molecule has 1 saturated heterocycles. The van der Waals surface area contributed by atoms with Gasteiger partial charge >= 0.3 is 0 Å². The lowest BCUT2D eigenvalue weighted by atomic mass is 9.96. The number of aryl methyl sites for hydroxylation is 1. The number of hydrogen-bond acceptors (Lipinski definition) is 5. The Morgan fingerprint density at radius 1 is 1.29 bits per heavy atom. The zero-order valence-electron chi connectivity index (χ0n) is 16.3. The number of likely N-dealkylation sites (tertiary alicyclic amines) is 1. The number of pyridine rings is 1. The Labute approximate surface area is 164 Å². The van der Waals surface area contributed by atoms with E-state index in [0.717, 1.165) is 43.1 Å². The van der Waals surface area contributed by atoms with Crippen molar-refractivity contribution in [1.82, 2.24) is 34.2 Å². The number of aromatic nitrogens is 6. The van der Waals surface area contributed by atoms with Gasteiger partial charge in [0.2, 0.25) is 0 Å². The van der Waals surface area contributed by atoms with Crippen molar-refractivity contribution in [3.63, 3.8) is 0 Å². The van der Waals surface area contributed by atoms with Crippen molar-refractivity contribution >= 4 is 5.91 Å². The Morgan fingerprint density at radius 2 is 2.18 bits per heavy atom. The number of rotatable bonds is 5. The molecule has 1 atom stereocenters. The second-order valence-corrected chi connectivity index (χ2v) is 7.25. The van der Waals surface area contributed by atoms with Crippen LogP contribution in [0.3, 0.4) is 0 Å². The minimum absolute atomic E-state index is 0.0719. The van der Waals surface area contributed by atoms with Gasteiger partial charge in [-0.3, -0.25) is 9.78 Å². The van der Waals surface area contributed by atoms with Crippen molar-refractivity contribution in [2.24, 2.45) is 7.05 Å². The first-order valence-corrected chi connectivity index (χ1v) is 9.73. The van der Waals surface area contributed by atoms with Gasteiger partial charge in [-0.05, 0) is 31.4 Å². The van der Waals surface area contributed by atoms with E-state index in [0.29, 0.717) is 18.7 Å². The maximum absolute atomic E-state index is 13.0. The van der Waals surface area contributed by atoms with E-state index in [1.165, 1.54) is 0 Å². The van der Waals surface area contributed by atoms with Crippen LogP contribution >= 0.6 is 0 Å². The van der Waals surface area contributed by atoms with E-state index in [1.54, 1.807) is 24.8 Å². The fourth-order valence-electron chi connectivity index (χ4n) is 3.77. The molecule has 28 heavy (non-hydrogen) atoms. The minimum atomic E-state index is 0.0719. The molecule has 0 radical (unpaired) electrons. The second-order valence-electron chi connectivity index (χ2n) is 7.25. The molecular formula is C20H25N7O. The number of carbonyl (C=O) groups is 1. The van der Waals surface area contributed by atoms with Crippen LogP contribution in [-0.2, 0) is 20.0 Å². The Balaban J connectivity index is 1.49. The van der Waals surface area contributed by atoms with Crippen molar-refractivity contribution in [3.05, 3.63) is 60.0 Å². The highest BCUT2D eigenvalue weighted by Gasteiger charge is 2.29. The highest BCUT2D eigenvalue weighted by Crippen LogP contribution is 2.27. The van der Waals surface area contributed by atoms with Gasteiger partial charge in [-0.25, -0.2) is 4.98 Å². The summed E-state index contributed by atoms with van der Waals surface area (Å²) in [4.78, 5) is 23.3. The molecule has 1 aliphatic rings. The van der Waals surface area contributed by atoms with Gasteiger partial charge in [0.25, 0.3) is 5.91 Å². The van der Waals surface area contributed by atoms with Gasteiger partial charge in [-0.15, -0.1) is 10.2 Å². The Bertz CT molecular complexity index is 947. The van der Waals surface area contributed by atoms with Crippen LogP contribution in [0.5, 0.6) is 0 Å². The van der Waals surface area contributed by atoms with Crippen LogP contribution in [0.2, 0.25) is 0 Å². The molecule has 1 amide bonds. The molecule has 0 spiro atoms. The lowest BCUT2D eigenvalue weighted by molar-refractivity contribution is 0.0703. The lowest BCUT2D eigenvalue weighted by Gasteiger charge is -2.32. The van der Waals surface area contributed by atoms with E-state index >= 15 is 0 Å². The van der Waals surface area contributed by atoms with Crippen molar-refractivity contribution in [2.75, 3.05) is 13.1 Å². The fraction of sp³-hybridized carbons (Fsp3) is 0.450. The summed E-state index contributed by atoms with van der Waals surface area (Å²) in [6.07, 6.45) is 9.96. The summed E-state index contributed by atoms with van der Waals surface area (Å²) < 4.78 is 4.03. The third-order valence-electron chi connectivity index (χ3n) is 5.38. The molecule has 0 saturated carbocycles. The van der Waals surface area contributed by atoms with E-state index in [2.05, 4.69) is 24.7 Å². The quantitative estimate of drug-likeness (QED) is 0.678. The number of imidazole rings is 1. The topological polar surface area (TPSA) is 81.7 Å². The van der Waals surface area contributed by atoms with Crippen molar-refractivity contribution < 1.29 is 4.79 Å². The number of nitrogens with zero attached hydrogens (tertiary/aromatic N) is 7.